The highest BCUT2D eigenvalue weighted by molar-refractivity contribution is 9.10. The zero-order chi connectivity index (χ0) is 16.1. The van der Waals surface area contributed by atoms with Gasteiger partial charge in [0.15, 0.2) is 0 Å². The van der Waals surface area contributed by atoms with Crippen LogP contribution in [0.4, 0.5) is 5.82 Å². The predicted molar refractivity (Wildman–Crippen MR) is 89.2 cm³/mol. The maximum Gasteiger partial charge on any atom is 0.146 e. The van der Waals surface area contributed by atoms with Gasteiger partial charge in [-0.25, -0.2) is 4.98 Å². The summed E-state index contributed by atoms with van der Waals surface area (Å²) in [6, 6.07) is 9.35. The van der Waals surface area contributed by atoms with Crippen LogP contribution in [0.2, 0.25) is 0 Å². The van der Waals surface area contributed by atoms with Crippen LogP contribution in [0.1, 0.15) is 5.56 Å². The molecule has 1 aromatic heterocycles. The van der Waals surface area contributed by atoms with E-state index in [0.717, 1.165) is 5.56 Å². The number of benzene rings is 1. The van der Waals surface area contributed by atoms with Gasteiger partial charge in [0.25, 0.3) is 0 Å². The molecule has 0 atom stereocenters. The van der Waals surface area contributed by atoms with Crippen molar-refractivity contribution in [1.82, 2.24) is 4.98 Å². The quantitative estimate of drug-likeness (QED) is 0.323. The Hall–Kier alpha value is -2.20. The van der Waals surface area contributed by atoms with E-state index in [1.807, 2.05) is 18.4 Å². The van der Waals surface area contributed by atoms with Crippen LogP contribution < -0.4 is 4.74 Å². The Kier molecular flexibility index (Phi) is 5.28. The first-order chi connectivity index (χ1) is 10.7. The van der Waals surface area contributed by atoms with E-state index in [4.69, 9.17) is 10.3 Å². The number of hydrogen-bond acceptors (Lipinski definition) is 5. The number of halogens is 1. The first-order valence-corrected chi connectivity index (χ1v) is 8.05. The number of aromatic nitrogens is 1. The van der Waals surface area contributed by atoms with E-state index in [0.29, 0.717) is 20.8 Å². The van der Waals surface area contributed by atoms with Crippen molar-refractivity contribution < 1.29 is 4.74 Å². The number of nitriles is 1. The van der Waals surface area contributed by atoms with E-state index in [1.54, 1.807) is 19.2 Å². The SMILES string of the molecule is COc1ccc(-c2c(Br)c(SC)nc(N=[N+]=[N-])c2C#N)cc1. The van der Waals surface area contributed by atoms with E-state index in [1.165, 1.54) is 11.8 Å². The molecule has 0 aliphatic carbocycles. The fourth-order valence-corrected chi connectivity index (χ4v) is 3.37. The maximum absolute atomic E-state index is 9.45. The van der Waals surface area contributed by atoms with Crippen molar-refractivity contribution in [3.8, 4) is 22.9 Å². The number of hydrogen-bond donors (Lipinski definition) is 0. The fraction of sp³-hybridized carbons (Fsp3) is 0.143. The third kappa shape index (κ3) is 3.02. The van der Waals surface area contributed by atoms with E-state index < -0.39 is 0 Å². The first-order valence-electron chi connectivity index (χ1n) is 6.03. The minimum Gasteiger partial charge on any atom is -0.497 e. The van der Waals surface area contributed by atoms with Crippen LogP contribution in [0.5, 0.6) is 5.75 Å². The molecule has 0 N–H and O–H groups in total. The number of methoxy groups -OCH3 is 1. The van der Waals surface area contributed by atoms with Crippen molar-refractivity contribution in [3.05, 3.63) is 44.7 Å². The molecule has 2 rings (SSSR count). The Balaban J connectivity index is 2.79. The molecule has 0 unspecified atom stereocenters. The summed E-state index contributed by atoms with van der Waals surface area (Å²) < 4.78 is 5.83. The van der Waals surface area contributed by atoms with Gasteiger partial charge in [-0.15, -0.1) is 11.8 Å². The lowest BCUT2D eigenvalue weighted by molar-refractivity contribution is 0.415. The molecule has 6 nitrogen and oxygen atoms in total. The summed E-state index contributed by atoms with van der Waals surface area (Å²) in [5.41, 5.74) is 10.4. The highest BCUT2D eigenvalue weighted by Gasteiger charge is 2.18. The van der Waals surface area contributed by atoms with Crippen LogP contribution in [0.25, 0.3) is 21.6 Å². The first kappa shape index (κ1) is 16.2. The van der Waals surface area contributed by atoms with Crippen LogP contribution in [-0.4, -0.2) is 18.3 Å². The van der Waals surface area contributed by atoms with Gasteiger partial charge in [-0.1, -0.05) is 12.1 Å². The van der Waals surface area contributed by atoms with Gasteiger partial charge >= 0.3 is 0 Å². The molecule has 0 aliphatic heterocycles. The number of nitrogens with zero attached hydrogens (tertiary/aromatic N) is 5. The maximum atomic E-state index is 9.45. The predicted octanol–water partition coefficient (Wildman–Crippen LogP) is 5.06. The Morgan fingerprint density at radius 1 is 1.41 bits per heavy atom. The Labute approximate surface area is 139 Å². The second-order valence-electron chi connectivity index (χ2n) is 4.04. The molecule has 2 aromatic rings. The molecule has 0 fully saturated rings. The molecular weight excluding hydrogens is 366 g/mol. The monoisotopic (exact) mass is 375 g/mol. The highest BCUT2D eigenvalue weighted by atomic mass is 79.9. The standard InChI is InChI=1S/C14H10BrN5OS/c1-21-9-5-3-8(4-6-9)11-10(7-16)13(19-20-17)18-14(22-2)12(11)15/h3-6H,1-2H3. The van der Waals surface area contributed by atoms with Gasteiger partial charge in [-0.3, -0.25) is 0 Å². The Morgan fingerprint density at radius 3 is 2.59 bits per heavy atom. The fourth-order valence-electron chi connectivity index (χ4n) is 1.91. The third-order valence-corrected chi connectivity index (χ3v) is 4.63. The minimum absolute atomic E-state index is 0.0726. The molecule has 1 aromatic carbocycles. The summed E-state index contributed by atoms with van der Waals surface area (Å²) in [5, 5.41) is 13.6. The normalized spacial score (nSPS) is 9.73. The summed E-state index contributed by atoms with van der Waals surface area (Å²) >= 11 is 4.89. The van der Waals surface area contributed by atoms with Gasteiger partial charge in [0.1, 0.15) is 22.7 Å². The zero-order valence-electron chi connectivity index (χ0n) is 11.7. The average Bonchev–Trinajstić information content (AvgIpc) is 2.56. The largest absolute Gasteiger partial charge is 0.497 e. The number of ether oxygens (including phenoxy) is 1. The van der Waals surface area contributed by atoms with Gasteiger partial charge in [-0.05, 0) is 50.5 Å². The molecule has 0 amide bonds. The van der Waals surface area contributed by atoms with Crippen LogP contribution in [-0.2, 0) is 0 Å². The van der Waals surface area contributed by atoms with Crippen LogP contribution >= 0.6 is 27.7 Å². The van der Waals surface area contributed by atoms with Crippen molar-refractivity contribution in [2.75, 3.05) is 13.4 Å². The van der Waals surface area contributed by atoms with Gasteiger partial charge < -0.3 is 4.74 Å². The topological polar surface area (TPSA) is 94.7 Å². The molecule has 110 valence electrons. The molecule has 22 heavy (non-hydrogen) atoms. The number of thioether (sulfide) groups is 1. The van der Waals surface area contributed by atoms with E-state index in [2.05, 4.69) is 37.0 Å². The van der Waals surface area contributed by atoms with Crippen molar-refractivity contribution in [1.29, 1.82) is 5.26 Å². The summed E-state index contributed by atoms with van der Waals surface area (Å²) in [5.74, 6) is 0.788. The lowest BCUT2D eigenvalue weighted by Gasteiger charge is -2.12. The van der Waals surface area contributed by atoms with Crippen molar-refractivity contribution in [2.45, 2.75) is 5.03 Å². The number of pyridine rings is 1. The van der Waals surface area contributed by atoms with Crippen molar-refractivity contribution in [3.63, 3.8) is 0 Å². The second kappa shape index (κ2) is 7.18. The average molecular weight is 376 g/mol. The van der Waals surface area contributed by atoms with Crippen LogP contribution in [0, 0.1) is 11.3 Å². The summed E-state index contributed by atoms with van der Waals surface area (Å²) in [7, 11) is 1.59. The summed E-state index contributed by atoms with van der Waals surface area (Å²) in [6.07, 6.45) is 1.86. The molecule has 0 bridgehead atoms. The molecule has 8 heteroatoms. The number of azide groups is 1. The second-order valence-corrected chi connectivity index (χ2v) is 5.63. The molecule has 1 heterocycles. The summed E-state index contributed by atoms with van der Waals surface area (Å²) in [6.45, 7) is 0. The zero-order valence-corrected chi connectivity index (χ0v) is 14.1. The smallest absolute Gasteiger partial charge is 0.146 e. The molecule has 0 saturated heterocycles. The molecule has 0 saturated carbocycles. The van der Waals surface area contributed by atoms with E-state index >= 15 is 0 Å². The van der Waals surface area contributed by atoms with Crippen molar-refractivity contribution >= 4 is 33.5 Å². The molecular formula is C14H10BrN5OS. The minimum atomic E-state index is 0.0726. The van der Waals surface area contributed by atoms with E-state index in [9.17, 15) is 5.26 Å². The van der Waals surface area contributed by atoms with Gasteiger partial charge in [-0.2, -0.15) is 5.26 Å². The Morgan fingerprint density at radius 2 is 2.09 bits per heavy atom. The summed E-state index contributed by atoms with van der Waals surface area (Å²) in [4.78, 5) is 6.97. The van der Waals surface area contributed by atoms with Gasteiger partial charge in [0.2, 0.25) is 0 Å². The van der Waals surface area contributed by atoms with Crippen LogP contribution in [0.15, 0.2) is 38.9 Å². The molecule has 0 spiro atoms. The van der Waals surface area contributed by atoms with Gasteiger partial charge in [0, 0.05) is 10.5 Å². The third-order valence-electron chi connectivity index (χ3n) is 2.91. The van der Waals surface area contributed by atoms with Gasteiger partial charge in [0.05, 0.1) is 17.1 Å². The highest BCUT2D eigenvalue weighted by Crippen LogP contribution is 2.40. The van der Waals surface area contributed by atoms with Crippen molar-refractivity contribution in [2.24, 2.45) is 5.11 Å². The molecule has 0 radical (unpaired) electrons. The lowest BCUT2D eigenvalue weighted by atomic mass is 10.0. The lowest BCUT2D eigenvalue weighted by Crippen LogP contribution is -1.94. The van der Waals surface area contributed by atoms with Crippen LogP contribution in [0.3, 0.4) is 0 Å². The number of rotatable bonds is 4. The Bertz CT molecular complexity index is 794. The van der Waals surface area contributed by atoms with E-state index in [-0.39, 0.29) is 11.4 Å². The molecule has 0 aliphatic rings.